The third-order valence-electron chi connectivity index (χ3n) is 8.73. The normalized spacial score (nSPS) is 28.2. The van der Waals surface area contributed by atoms with Crippen molar-refractivity contribution in [3.05, 3.63) is 53.1 Å². The second-order valence-corrected chi connectivity index (χ2v) is 16.5. The lowest BCUT2D eigenvalue weighted by atomic mass is 9.43. The van der Waals surface area contributed by atoms with Crippen molar-refractivity contribution < 1.29 is 30.9 Å². The molecular weight excluding hydrogens is 550 g/mol. The van der Waals surface area contributed by atoms with Crippen molar-refractivity contribution in [2.75, 3.05) is 18.1 Å². The van der Waals surface area contributed by atoms with E-state index < -0.39 is 57.4 Å². The summed E-state index contributed by atoms with van der Waals surface area (Å²) in [5.41, 5.74) is 1.96. The number of nitriles is 1. The first kappa shape index (κ1) is 27.7. The lowest BCUT2D eigenvalue weighted by molar-refractivity contribution is -0.140. The Morgan fingerprint density at radius 3 is 2.15 bits per heavy atom. The number of nitrogens with one attached hydrogen (secondary N) is 1. The molecule has 3 N–H and O–H groups in total. The number of sulfonamides is 1. The number of primary amides is 1. The molecule has 4 aliphatic rings. The summed E-state index contributed by atoms with van der Waals surface area (Å²) in [5, 5.41) is 10.6. The summed E-state index contributed by atoms with van der Waals surface area (Å²) in [6.45, 7) is 3.06. The summed E-state index contributed by atoms with van der Waals surface area (Å²) in [6, 6.07) is 9.15. The Morgan fingerprint density at radius 2 is 1.67 bits per heavy atom. The van der Waals surface area contributed by atoms with Gasteiger partial charge in [0.15, 0.2) is 0 Å². The van der Waals surface area contributed by atoms with Crippen LogP contribution in [-0.2, 0) is 26.2 Å². The molecule has 1 amide bonds. The molecule has 4 bridgehead atoms. The predicted octanol–water partition coefficient (Wildman–Crippen LogP) is 5.07. The van der Waals surface area contributed by atoms with Crippen LogP contribution in [0.4, 0.5) is 18.9 Å². The molecule has 2 aromatic rings. The molecule has 3 unspecified atom stereocenters. The highest BCUT2D eigenvalue weighted by atomic mass is 32.2. The summed E-state index contributed by atoms with van der Waals surface area (Å²) in [6.07, 6.45) is -1.91. The minimum absolute atomic E-state index is 0.102. The minimum Gasteiger partial charge on any atom is -0.366 e. The van der Waals surface area contributed by atoms with Crippen molar-refractivity contribution in [1.82, 2.24) is 0 Å². The van der Waals surface area contributed by atoms with Crippen LogP contribution in [0.5, 0.6) is 0 Å². The third kappa shape index (κ3) is 4.66. The zero-order chi connectivity index (χ0) is 28.5. The molecule has 0 aliphatic heterocycles. The Morgan fingerprint density at radius 1 is 1.08 bits per heavy atom. The van der Waals surface area contributed by atoms with E-state index in [1.165, 1.54) is 37.6 Å². The molecule has 3 atom stereocenters. The highest BCUT2D eigenvalue weighted by Gasteiger charge is 2.60. The Labute approximate surface area is 225 Å². The van der Waals surface area contributed by atoms with Crippen LogP contribution in [0.15, 0.2) is 41.3 Å². The summed E-state index contributed by atoms with van der Waals surface area (Å²) in [5.74, 6) is -1.73. The van der Waals surface area contributed by atoms with Gasteiger partial charge in [0, 0.05) is 10.7 Å². The molecule has 0 saturated heterocycles. The monoisotopic (exact) mass is 579 g/mol. The zero-order valence-corrected chi connectivity index (χ0v) is 23.2. The quantitative estimate of drug-likeness (QED) is 0.462. The maximum atomic E-state index is 14.6. The van der Waals surface area contributed by atoms with E-state index in [0.29, 0.717) is 18.1 Å². The molecule has 208 valence electrons. The van der Waals surface area contributed by atoms with Gasteiger partial charge < -0.3 is 10.3 Å². The number of nitrogens with zero attached hydrogens (tertiary/aromatic N) is 1. The highest BCUT2D eigenvalue weighted by Crippen LogP contribution is 2.65. The molecule has 0 radical (unpaired) electrons. The molecule has 2 aromatic carbocycles. The maximum absolute atomic E-state index is 14.6. The van der Waals surface area contributed by atoms with Crippen molar-refractivity contribution in [2.45, 2.75) is 48.6 Å². The van der Waals surface area contributed by atoms with Gasteiger partial charge in [0.1, 0.15) is 7.14 Å². The largest absolute Gasteiger partial charge is 0.416 e. The fraction of sp³-hybridized carbons (Fsp3) is 0.481. The summed E-state index contributed by atoms with van der Waals surface area (Å²) in [4.78, 5) is 12.2. The van der Waals surface area contributed by atoms with Gasteiger partial charge in [0.25, 0.3) is 15.9 Å². The van der Waals surface area contributed by atoms with Gasteiger partial charge >= 0.3 is 6.18 Å². The highest BCUT2D eigenvalue weighted by molar-refractivity contribution is 7.92. The number of hydrogen-bond acceptors (Lipinski definition) is 5. The number of anilines is 1. The molecule has 39 heavy (non-hydrogen) atoms. The third-order valence-corrected chi connectivity index (χ3v) is 11.6. The number of hydrogen-bond donors (Lipinski definition) is 2. The van der Waals surface area contributed by atoms with E-state index >= 15 is 0 Å². The molecule has 0 heterocycles. The van der Waals surface area contributed by atoms with Crippen molar-refractivity contribution in [1.29, 1.82) is 5.26 Å². The van der Waals surface area contributed by atoms with Crippen molar-refractivity contribution in [3.8, 4) is 6.07 Å². The zero-order valence-electron chi connectivity index (χ0n) is 21.5. The minimum atomic E-state index is -4.87. The summed E-state index contributed by atoms with van der Waals surface area (Å²) < 4.78 is 85.5. The summed E-state index contributed by atoms with van der Waals surface area (Å²) in [7, 11) is -7.20. The number of carbonyl (C=O) groups is 1. The fourth-order valence-electron chi connectivity index (χ4n) is 7.47. The van der Waals surface area contributed by atoms with Crippen LogP contribution in [0.1, 0.15) is 53.6 Å². The Kier molecular flexibility index (Phi) is 6.47. The number of rotatable bonds is 6. The van der Waals surface area contributed by atoms with Crippen LogP contribution in [0.2, 0.25) is 0 Å². The topological polar surface area (TPSA) is 130 Å². The molecular formula is C27H29F3N3O4PS. The second-order valence-electron chi connectivity index (χ2n) is 11.6. The molecule has 7 nitrogen and oxygen atoms in total. The van der Waals surface area contributed by atoms with Crippen LogP contribution in [-0.4, -0.2) is 27.7 Å². The van der Waals surface area contributed by atoms with Gasteiger partial charge in [-0.05, 0) is 93.0 Å². The number of alkyl halides is 3. The molecule has 12 heteroatoms. The van der Waals surface area contributed by atoms with Gasteiger partial charge in [0.2, 0.25) is 0 Å². The maximum Gasteiger partial charge on any atom is 0.416 e. The first-order valence-electron chi connectivity index (χ1n) is 12.7. The van der Waals surface area contributed by atoms with E-state index in [0.717, 1.165) is 31.4 Å². The van der Waals surface area contributed by atoms with Crippen LogP contribution >= 0.6 is 7.14 Å². The first-order valence-corrected chi connectivity index (χ1v) is 16.8. The molecule has 4 aliphatic carbocycles. The van der Waals surface area contributed by atoms with E-state index in [2.05, 4.69) is 10.8 Å². The van der Waals surface area contributed by atoms with E-state index in [9.17, 15) is 36.2 Å². The Bertz CT molecular complexity index is 1530. The average Bonchev–Trinajstić information content (AvgIpc) is 2.82. The SMILES string of the molecule is CP(C)(=O)c1ccc(S(=O)(=O)Nc2c(C(N)=O)ccc(C(F)(F)F)c2C23CC4CC(CC(C4)C2C#N)C3)cc1. The second kappa shape index (κ2) is 9.10. The fourth-order valence-corrected chi connectivity index (χ4v) is 9.43. The predicted molar refractivity (Wildman–Crippen MR) is 141 cm³/mol. The number of benzene rings is 2. The molecule has 4 saturated carbocycles. The van der Waals surface area contributed by atoms with E-state index in [1.54, 1.807) is 0 Å². The van der Waals surface area contributed by atoms with E-state index in [-0.39, 0.29) is 28.2 Å². The standard InChI is InChI=1S/C27H29F3N3O4PS/c1-38(2,35)18-3-5-19(6-4-18)39(36,37)33-24-20(25(32)34)7-8-21(27(28,29)30)23(24)26-12-15-9-16(13-26)11-17(10-15)22(26)14-31/h3-8,15-17,22,33H,9-13H2,1-2H3,(H2,32,34). The smallest absolute Gasteiger partial charge is 0.366 e. The van der Waals surface area contributed by atoms with Crippen LogP contribution in [0.3, 0.4) is 0 Å². The van der Waals surface area contributed by atoms with Gasteiger partial charge in [-0.2, -0.15) is 18.4 Å². The first-order chi connectivity index (χ1) is 18.1. The number of nitrogens with two attached hydrogens (primary N) is 1. The van der Waals surface area contributed by atoms with Crippen molar-refractivity contribution >= 4 is 34.1 Å². The molecule has 0 spiro atoms. The van der Waals surface area contributed by atoms with Gasteiger partial charge in [-0.15, -0.1) is 0 Å². The lowest BCUT2D eigenvalue weighted by Crippen LogP contribution is -2.55. The van der Waals surface area contributed by atoms with Crippen LogP contribution < -0.4 is 15.8 Å². The van der Waals surface area contributed by atoms with Crippen LogP contribution in [0, 0.1) is 35.0 Å². The molecule has 4 fully saturated rings. The van der Waals surface area contributed by atoms with E-state index in [4.69, 9.17) is 5.73 Å². The van der Waals surface area contributed by atoms with Gasteiger partial charge in [-0.25, -0.2) is 8.42 Å². The molecule has 0 aromatic heterocycles. The Balaban J connectivity index is 1.74. The average molecular weight is 580 g/mol. The van der Waals surface area contributed by atoms with Crippen LogP contribution in [0.25, 0.3) is 0 Å². The summed E-state index contributed by atoms with van der Waals surface area (Å²) >= 11 is 0. The van der Waals surface area contributed by atoms with Crippen molar-refractivity contribution in [3.63, 3.8) is 0 Å². The number of carbonyl (C=O) groups excluding carboxylic acids is 1. The lowest BCUT2D eigenvalue weighted by Gasteiger charge is -2.60. The molecule has 6 rings (SSSR count). The van der Waals surface area contributed by atoms with Gasteiger partial charge in [0.05, 0.1) is 33.7 Å². The van der Waals surface area contributed by atoms with Crippen molar-refractivity contribution in [2.24, 2.45) is 29.4 Å². The number of halogens is 3. The van der Waals surface area contributed by atoms with E-state index in [1.807, 2.05) is 0 Å². The van der Waals surface area contributed by atoms with Gasteiger partial charge in [-0.1, -0.05) is 12.1 Å². The number of amides is 1. The van der Waals surface area contributed by atoms with Gasteiger partial charge in [-0.3, -0.25) is 9.52 Å². The Hall–Kier alpha value is -2.83.